The fourth-order valence-electron chi connectivity index (χ4n) is 2.38. The normalized spacial score (nSPS) is 12.4. The number of carbonyl (C=O) groups excluding carboxylic acids is 1. The third-order valence-electron chi connectivity index (χ3n) is 4.97. The van der Waals surface area contributed by atoms with Crippen LogP contribution in [0.2, 0.25) is 18.1 Å². The van der Waals surface area contributed by atoms with Gasteiger partial charge in [-0.3, -0.25) is 4.57 Å². The summed E-state index contributed by atoms with van der Waals surface area (Å²) in [5.74, 6) is 0.204. The standard InChI is InChI=1S/C19H23BrN2O3SSi/c1-19(2,3)27(5,6)25-15-10-16(26-17(15)18(23)24-4)22-11-21-13-8-7-12(20)9-14(13)22/h7-11H,1-6H3. The van der Waals surface area contributed by atoms with Crippen molar-refractivity contribution >= 4 is 52.6 Å². The molecule has 0 aliphatic heterocycles. The number of carbonyl (C=O) groups is 1. The SMILES string of the molecule is COC(=O)c1sc(-n2cnc3ccc(Br)cc32)cc1O[Si](C)(C)C(C)(C)C. The molecule has 0 unspecified atom stereocenters. The maximum Gasteiger partial charge on any atom is 0.351 e. The Kier molecular flexibility index (Phi) is 5.26. The number of imidazole rings is 1. The van der Waals surface area contributed by atoms with Crippen molar-refractivity contribution in [1.82, 2.24) is 9.55 Å². The predicted octanol–water partition coefficient (Wildman–Crippen LogP) is 6.02. The van der Waals surface area contributed by atoms with Crippen LogP contribution in [0.4, 0.5) is 0 Å². The van der Waals surface area contributed by atoms with Gasteiger partial charge in [-0.15, -0.1) is 11.3 Å². The van der Waals surface area contributed by atoms with E-state index in [1.165, 1.54) is 18.4 Å². The molecule has 27 heavy (non-hydrogen) atoms. The van der Waals surface area contributed by atoms with Crippen LogP contribution in [0.1, 0.15) is 30.4 Å². The Balaban J connectivity index is 2.11. The summed E-state index contributed by atoms with van der Waals surface area (Å²) in [5, 5.41) is 0.888. The van der Waals surface area contributed by atoms with Gasteiger partial charge in [0.1, 0.15) is 17.1 Å². The minimum atomic E-state index is -2.10. The van der Waals surface area contributed by atoms with Crippen LogP contribution < -0.4 is 4.43 Å². The quantitative estimate of drug-likeness (QED) is 0.348. The van der Waals surface area contributed by atoms with E-state index < -0.39 is 8.32 Å². The molecule has 3 aromatic rings. The Morgan fingerprint density at radius 1 is 1.26 bits per heavy atom. The number of halogens is 1. The molecule has 5 nitrogen and oxygen atoms in total. The Labute approximate surface area is 172 Å². The van der Waals surface area contributed by atoms with Gasteiger partial charge >= 0.3 is 5.97 Å². The molecule has 2 aromatic heterocycles. The first kappa shape index (κ1) is 20.1. The Morgan fingerprint density at radius 2 is 1.96 bits per heavy atom. The van der Waals surface area contributed by atoms with Crippen LogP contribution in [0.25, 0.3) is 16.0 Å². The van der Waals surface area contributed by atoms with Crippen molar-refractivity contribution in [2.75, 3.05) is 7.11 Å². The molecule has 1 aromatic carbocycles. The molecule has 2 heterocycles. The summed E-state index contributed by atoms with van der Waals surface area (Å²) in [6, 6.07) is 7.84. The summed E-state index contributed by atoms with van der Waals surface area (Å²) in [7, 11) is -0.713. The smallest absolute Gasteiger partial charge is 0.351 e. The fraction of sp³-hybridized carbons (Fsp3) is 0.368. The highest BCUT2D eigenvalue weighted by atomic mass is 79.9. The lowest BCUT2D eigenvalue weighted by atomic mass is 10.2. The second kappa shape index (κ2) is 7.07. The number of hydrogen-bond acceptors (Lipinski definition) is 5. The number of rotatable bonds is 4. The van der Waals surface area contributed by atoms with Crippen molar-refractivity contribution in [2.45, 2.75) is 38.9 Å². The van der Waals surface area contributed by atoms with Crippen molar-refractivity contribution in [3.05, 3.63) is 39.9 Å². The zero-order valence-corrected chi connectivity index (χ0v) is 19.7. The molecule has 0 saturated carbocycles. The van der Waals surface area contributed by atoms with Gasteiger partial charge in [-0.2, -0.15) is 0 Å². The Bertz CT molecular complexity index is 1000. The minimum absolute atomic E-state index is 0.0229. The molecule has 0 bridgehead atoms. The fourth-order valence-corrected chi connectivity index (χ4v) is 4.80. The number of fused-ring (bicyclic) bond motifs is 1. The number of hydrogen-bond donors (Lipinski definition) is 0. The second-order valence-corrected chi connectivity index (χ2v) is 14.6. The van der Waals surface area contributed by atoms with Crippen LogP contribution in [-0.2, 0) is 4.74 Å². The highest BCUT2D eigenvalue weighted by molar-refractivity contribution is 9.10. The van der Waals surface area contributed by atoms with E-state index in [0.717, 1.165) is 20.5 Å². The molecule has 0 fully saturated rings. The number of ether oxygens (including phenoxy) is 1. The first-order valence-electron chi connectivity index (χ1n) is 8.57. The van der Waals surface area contributed by atoms with Crippen LogP contribution >= 0.6 is 27.3 Å². The zero-order valence-electron chi connectivity index (χ0n) is 16.3. The van der Waals surface area contributed by atoms with Crippen LogP contribution in [0.5, 0.6) is 5.75 Å². The van der Waals surface area contributed by atoms with Crippen LogP contribution in [0, 0.1) is 0 Å². The lowest BCUT2D eigenvalue weighted by Gasteiger charge is -2.36. The highest BCUT2D eigenvalue weighted by Gasteiger charge is 2.40. The molecule has 0 radical (unpaired) electrons. The lowest BCUT2D eigenvalue weighted by molar-refractivity contribution is 0.0604. The van der Waals surface area contributed by atoms with Gasteiger partial charge in [0, 0.05) is 10.5 Å². The summed E-state index contributed by atoms with van der Waals surface area (Å²) < 4.78 is 14.4. The average molecular weight is 467 g/mol. The van der Waals surface area contributed by atoms with Gasteiger partial charge in [-0.25, -0.2) is 9.78 Å². The van der Waals surface area contributed by atoms with Gasteiger partial charge in [-0.05, 0) is 36.3 Å². The van der Waals surface area contributed by atoms with E-state index in [-0.39, 0.29) is 11.0 Å². The molecule has 0 atom stereocenters. The summed E-state index contributed by atoms with van der Waals surface area (Å²) in [6.45, 7) is 10.8. The molecule has 0 spiro atoms. The number of nitrogens with zero attached hydrogens (tertiary/aromatic N) is 2. The maximum atomic E-state index is 12.4. The first-order chi connectivity index (χ1) is 12.5. The number of aromatic nitrogens is 2. The van der Waals surface area contributed by atoms with Crippen LogP contribution in [0.3, 0.4) is 0 Å². The molecule has 144 valence electrons. The van der Waals surface area contributed by atoms with Gasteiger partial charge < -0.3 is 9.16 Å². The minimum Gasteiger partial charge on any atom is -0.542 e. The molecule has 0 aliphatic carbocycles. The van der Waals surface area contributed by atoms with Crippen molar-refractivity contribution in [3.63, 3.8) is 0 Å². The average Bonchev–Trinajstić information content (AvgIpc) is 3.16. The predicted molar refractivity (Wildman–Crippen MR) is 116 cm³/mol. The van der Waals surface area contributed by atoms with E-state index >= 15 is 0 Å². The van der Waals surface area contributed by atoms with Gasteiger partial charge in [0.2, 0.25) is 0 Å². The monoisotopic (exact) mass is 466 g/mol. The van der Waals surface area contributed by atoms with Crippen molar-refractivity contribution in [3.8, 4) is 10.8 Å². The van der Waals surface area contributed by atoms with Crippen LogP contribution in [0.15, 0.2) is 35.1 Å². The van der Waals surface area contributed by atoms with Crippen molar-refractivity contribution in [2.24, 2.45) is 0 Å². The summed E-state index contributed by atoms with van der Waals surface area (Å²) >= 11 is 4.86. The molecule has 3 rings (SSSR count). The van der Waals surface area contributed by atoms with Gasteiger partial charge in [-0.1, -0.05) is 36.7 Å². The lowest BCUT2D eigenvalue weighted by Crippen LogP contribution is -2.44. The molecule has 8 heteroatoms. The zero-order chi connectivity index (χ0) is 20.0. The summed E-state index contributed by atoms with van der Waals surface area (Å²) in [6.07, 6.45) is 1.76. The van der Waals surface area contributed by atoms with Crippen molar-refractivity contribution in [1.29, 1.82) is 0 Å². The van der Waals surface area contributed by atoms with E-state index in [4.69, 9.17) is 9.16 Å². The highest BCUT2D eigenvalue weighted by Crippen LogP contribution is 2.41. The van der Waals surface area contributed by atoms with Gasteiger partial charge in [0.15, 0.2) is 4.88 Å². The second-order valence-electron chi connectivity index (χ2n) is 7.88. The number of esters is 1. The van der Waals surface area contributed by atoms with E-state index in [2.05, 4.69) is 54.8 Å². The van der Waals surface area contributed by atoms with E-state index in [1.54, 1.807) is 6.33 Å². The largest absolute Gasteiger partial charge is 0.542 e. The molecular formula is C19H23BrN2O3SSi. The van der Waals surface area contributed by atoms with Crippen molar-refractivity contribution < 1.29 is 14.0 Å². The number of benzene rings is 1. The summed E-state index contributed by atoms with van der Waals surface area (Å²) in [4.78, 5) is 17.3. The van der Waals surface area contributed by atoms with Crippen LogP contribution in [-0.4, -0.2) is 30.9 Å². The van der Waals surface area contributed by atoms with Gasteiger partial charge in [0.05, 0.1) is 18.1 Å². The Morgan fingerprint density at radius 3 is 2.59 bits per heavy atom. The third kappa shape index (κ3) is 3.83. The van der Waals surface area contributed by atoms with Gasteiger partial charge in [0.25, 0.3) is 8.32 Å². The molecular weight excluding hydrogens is 444 g/mol. The first-order valence-corrected chi connectivity index (χ1v) is 13.1. The number of methoxy groups -OCH3 is 1. The molecule has 0 N–H and O–H groups in total. The van der Waals surface area contributed by atoms with E-state index in [0.29, 0.717) is 10.6 Å². The maximum absolute atomic E-state index is 12.4. The third-order valence-corrected chi connectivity index (χ3v) is 10.9. The topological polar surface area (TPSA) is 53.4 Å². The van der Waals surface area contributed by atoms with E-state index in [1.807, 2.05) is 28.8 Å². The molecule has 0 saturated heterocycles. The molecule has 0 aliphatic rings. The number of thiophene rings is 1. The summed E-state index contributed by atoms with van der Waals surface area (Å²) in [5.41, 5.74) is 1.85. The molecule has 0 amide bonds. The van der Waals surface area contributed by atoms with E-state index in [9.17, 15) is 4.79 Å². The Hall–Kier alpha value is -1.64.